The van der Waals surface area contributed by atoms with Gasteiger partial charge in [-0.05, 0) is 0 Å². The van der Waals surface area contributed by atoms with E-state index in [1.807, 2.05) is 0 Å². The quantitative estimate of drug-likeness (QED) is 0.318. The smallest absolute Gasteiger partial charge is 0.303 e. The summed E-state index contributed by atoms with van der Waals surface area (Å²) in [6.07, 6.45) is -3.28. The standard InChI is InChI=1S/C15H15N3O8/c1-7(19)23-6-15(5-16)13(25-9(3)21)11(24-8(2)20)12(26-15)14-17-4-10(22)18-14/h4,11-13H,6H2,1-3H3/t11-,12+,13-,15+/m0/s1. The molecule has 1 saturated heterocycles. The first-order chi connectivity index (χ1) is 12.2. The minimum atomic E-state index is -1.98. The third-order valence-corrected chi connectivity index (χ3v) is 3.45. The third kappa shape index (κ3) is 3.92. The van der Waals surface area contributed by atoms with Crippen LogP contribution in [0.1, 0.15) is 20.8 Å². The Kier molecular flexibility index (Phi) is 5.47. The summed E-state index contributed by atoms with van der Waals surface area (Å²) < 4.78 is 20.8. The zero-order valence-electron chi connectivity index (χ0n) is 14.1. The lowest BCUT2D eigenvalue weighted by Crippen LogP contribution is -2.49. The lowest BCUT2D eigenvalue weighted by molar-refractivity contribution is -0.208. The first-order valence-electron chi connectivity index (χ1n) is 7.42. The molecule has 1 fully saturated rings. The summed E-state index contributed by atoms with van der Waals surface area (Å²) >= 11 is 0. The molecule has 2 rings (SSSR count). The molecule has 11 nitrogen and oxygen atoms in total. The van der Waals surface area contributed by atoms with E-state index >= 15 is 0 Å². The molecule has 0 aromatic heterocycles. The Balaban J connectivity index is 2.44. The van der Waals surface area contributed by atoms with Gasteiger partial charge < -0.3 is 24.1 Å². The van der Waals surface area contributed by atoms with Gasteiger partial charge >= 0.3 is 17.9 Å². The molecule has 4 atom stereocenters. The average Bonchev–Trinajstić information content (AvgIpc) is 3.08. The van der Waals surface area contributed by atoms with Gasteiger partial charge in [-0.3, -0.25) is 14.4 Å². The van der Waals surface area contributed by atoms with Crippen LogP contribution in [-0.4, -0.2) is 60.5 Å². The highest BCUT2D eigenvalue weighted by atomic mass is 16.7. The largest absolute Gasteiger partial charge is 0.788 e. The van der Waals surface area contributed by atoms with Crippen molar-refractivity contribution in [2.45, 2.75) is 44.7 Å². The number of nitrogens with zero attached hydrogens (tertiary/aromatic N) is 3. The number of aliphatic imine (C=N–C) groups is 2. The number of ether oxygens (including phenoxy) is 4. The predicted molar refractivity (Wildman–Crippen MR) is 80.1 cm³/mol. The predicted octanol–water partition coefficient (Wildman–Crippen LogP) is -1.59. The number of esters is 3. The summed E-state index contributed by atoms with van der Waals surface area (Å²) in [5.41, 5.74) is -1.98. The van der Waals surface area contributed by atoms with Gasteiger partial charge in [0.25, 0.3) is 6.17 Å². The van der Waals surface area contributed by atoms with Crippen LogP contribution in [0.4, 0.5) is 0 Å². The minimum absolute atomic E-state index is 0.154. The average molecular weight is 365 g/mol. The van der Waals surface area contributed by atoms with E-state index in [2.05, 4.69) is 9.98 Å². The van der Waals surface area contributed by atoms with Gasteiger partial charge in [-0.2, -0.15) is 5.26 Å². The molecule has 0 unspecified atom stereocenters. The van der Waals surface area contributed by atoms with E-state index in [0.717, 1.165) is 27.0 Å². The van der Waals surface area contributed by atoms with Gasteiger partial charge in [-0.1, -0.05) is 9.98 Å². The van der Waals surface area contributed by atoms with E-state index in [1.165, 1.54) is 0 Å². The molecule has 0 amide bonds. The maximum atomic E-state index is 11.5. The van der Waals surface area contributed by atoms with Crippen LogP contribution in [0.2, 0.25) is 0 Å². The van der Waals surface area contributed by atoms with E-state index in [1.54, 1.807) is 6.07 Å². The van der Waals surface area contributed by atoms with E-state index in [-0.39, 0.29) is 6.17 Å². The molecule has 138 valence electrons. The Labute approximate surface area is 148 Å². The first kappa shape index (κ1) is 19.2. The van der Waals surface area contributed by atoms with Crippen molar-refractivity contribution in [3.63, 3.8) is 0 Å². The molecule has 2 heterocycles. The molecule has 0 N–H and O–H groups in total. The summed E-state index contributed by atoms with van der Waals surface area (Å²) in [6, 6.07) is 1.80. The van der Waals surface area contributed by atoms with Crippen LogP contribution in [0.25, 0.3) is 0 Å². The molecule has 0 bridgehead atoms. The van der Waals surface area contributed by atoms with Gasteiger partial charge in [0, 0.05) is 20.8 Å². The molecule has 0 saturated carbocycles. The molecular formula is C15H15N3O8. The van der Waals surface area contributed by atoms with Gasteiger partial charge in [0.15, 0.2) is 24.3 Å². The number of hydrogen-bond acceptors (Lipinski definition) is 11. The molecule has 0 aromatic carbocycles. The Morgan fingerprint density at radius 3 is 2.42 bits per heavy atom. The van der Waals surface area contributed by atoms with Crippen LogP contribution in [0.5, 0.6) is 0 Å². The second-order valence-electron chi connectivity index (χ2n) is 5.49. The van der Waals surface area contributed by atoms with Gasteiger partial charge in [0.05, 0.1) is 0 Å². The van der Waals surface area contributed by atoms with Gasteiger partial charge in [-0.15, -0.1) is 0 Å². The fourth-order valence-corrected chi connectivity index (χ4v) is 2.52. The third-order valence-electron chi connectivity index (χ3n) is 3.45. The number of carbonyl (C=O) groups is 3. The molecule has 11 heteroatoms. The SMILES string of the molecule is CC(=O)OC[C@@]1(C#N)O[C@@H]([C+]2N=CC([O-])=N2)[C@H](OC(C)=O)[C@@H]1OC(C)=O. The number of rotatable bonds is 5. The molecule has 2 aliphatic heterocycles. The first-order valence-corrected chi connectivity index (χ1v) is 7.42. The molecule has 0 spiro atoms. The van der Waals surface area contributed by atoms with Crippen LogP contribution in [0.15, 0.2) is 9.98 Å². The van der Waals surface area contributed by atoms with E-state index in [9.17, 15) is 24.8 Å². The van der Waals surface area contributed by atoms with Crippen molar-refractivity contribution in [1.82, 2.24) is 0 Å². The van der Waals surface area contributed by atoms with Crippen molar-refractivity contribution in [2.75, 3.05) is 6.61 Å². The monoisotopic (exact) mass is 365 g/mol. The normalized spacial score (nSPS) is 29.7. The second kappa shape index (κ2) is 7.40. The highest BCUT2D eigenvalue weighted by Gasteiger charge is 2.65. The number of nitriles is 1. The van der Waals surface area contributed by atoms with Crippen LogP contribution in [0.3, 0.4) is 0 Å². The molecule has 0 aliphatic carbocycles. The topological polar surface area (TPSA) is 160 Å². The highest BCUT2D eigenvalue weighted by Crippen LogP contribution is 2.40. The number of hydrogen-bond donors (Lipinski definition) is 0. The summed E-state index contributed by atoms with van der Waals surface area (Å²) in [6.45, 7) is 2.70. The zero-order chi connectivity index (χ0) is 19.5. The fraction of sp³-hybridized carbons (Fsp3) is 0.533. The van der Waals surface area contributed by atoms with Gasteiger partial charge in [-0.25, -0.2) is 0 Å². The van der Waals surface area contributed by atoms with E-state index in [0.29, 0.717) is 0 Å². The van der Waals surface area contributed by atoms with Crippen LogP contribution in [0, 0.1) is 17.5 Å². The zero-order valence-corrected chi connectivity index (χ0v) is 14.1. The molecule has 2 aliphatic rings. The molecule has 0 aromatic rings. The molecule has 0 radical (unpaired) electrons. The van der Waals surface area contributed by atoms with Crippen LogP contribution in [-0.2, 0) is 33.3 Å². The summed E-state index contributed by atoms with van der Waals surface area (Å²) in [7, 11) is 0. The second-order valence-corrected chi connectivity index (χ2v) is 5.49. The van der Waals surface area contributed by atoms with Crippen molar-refractivity contribution in [3.05, 3.63) is 6.17 Å². The highest BCUT2D eigenvalue weighted by molar-refractivity contribution is 6.25. The van der Waals surface area contributed by atoms with Crippen molar-refractivity contribution in [2.24, 2.45) is 9.98 Å². The van der Waals surface area contributed by atoms with Gasteiger partial charge in [0.2, 0.25) is 11.7 Å². The van der Waals surface area contributed by atoms with Crippen LogP contribution >= 0.6 is 0 Å². The summed E-state index contributed by atoms with van der Waals surface area (Å²) in [5.74, 6) is -2.91. The summed E-state index contributed by atoms with van der Waals surface area (Å²) in [5, 5.41) is 21.0. The lowest BCUT2D eigenvalue weighted by atomic mass is 9.95. The van der Waals surface area contributed by atoms with Crippen molar-refractivity contribution < 1.29 is 38.4 Å². The van der Waals surface area contributed by atoms with Crippen molar-refractivity contribution in [1.29, 1.82) is 5.26 Å². The van der Waals surface area contributed by atoms with Gasteiger partial charge in [0.1, 0.15) is 12.7 Å². The Hall–Kier alpha value is -3.13. The van der Waals surface area contributed by atoms with E-state index in [4.69, 9.17) is 18.9 Å². The number of carbonyl (C=O) groups excluding carboxylic acids is 3. The Morgan fingerprint density at radius 2 is 1.96 bits per heavy atom. The Morgan fingerprint density at radius 1 is 1.31 bits per heavy atom. The Bertz CT molecular complexity index is 712. The summed E-state index contributed by atoms with van der Waals surface area (Å²) in [4.78, 5) is 41.5. The maximum absolute atomic E-state index is 11.5. The lowest BCUT2D eigenvalue weighted by Gasteiger charge is -2.27. The minimum Gasteiger partial charge on any atom is -0.788 e. The van der Waals surface area contributed by atoms with Crippen molar-refractivity contribution >= 4 is 30.0 Å². The van der Waals surface area contributed by atoms with Crippen LogP contribution < -0.4 is 5.11 Å². The van der Waals surface area contributed by atoms with Crippen molar-refractivity contribution in [3.8, 4) is 6.07 Å². The van der Waals surface area contributed by atoms with E-state index < -0.39 is 54.3 Å². The maximum Gasteiger partial charge on any atom is 0.303 e. The molecular weight excluding hydrogens is 350 g/mol. The fourth-order valence-electron chi connectivity index (χ4n) is 2.52. The molecule has 26 heavy (non-hydrogen) atoms.